The van der Waals surface area contributed by atoms with Gasteiger partial charge in [-0.05, 0) is 43.0 Å². The minimum atomic E-state index is -0.128. The van der Waals surface area contributed by atoms with E-state index < -0.39 is 0 Å². The SMILES string of the molecule is Cc1cccc([C@H](C)c2nccn2Cc2cccc(C)c2F)c1C. The van der Waals surface area contributed by atoms with Crippen LogP contribution in [0.15, 0.2) is 48.8 Å². The lowest BCUT2D eigenvalue weighted by Gasteiger charge is -2.18. The number of rotatable bonds is 4. The van der Waals surface area contributed by atoms with Gasteiger partial charge in [0, 0.05) is 23.9 Å². The Hall–Kier alpha value is -2.42. The van der Waals surface area contributed by atoms with Crippen molar-refractivity contribution in [1.82, 2.24) is 9.55 Å². The molecule has 0 aliphatic carbocycles. The van der Waals surface area contributed by atoms with Gasteiger partial charge in [-0.3, -0.25) is 0 Å². The Bertz CT molecular complexity index is 864. The summed E-state index contributed by atoms with van der Waals surface area (Å²) in [5.74, 6) is 0.994. The van der Waals surface area contributed by atoms with E-state index in [0.29, 0.717) is 17.7 Å². The first-order chi connectivity index (χ1) is 11.5. The van der Waals surface area contributed by atoms with Gasteiger partial charge in [0.1, 0.15) is 11.6 Å². The molecule has 0 spiro atoms. The molecule has 24 heavy (non-hydrogen) atoms. The van der Waals surface area contributed by atoms with Gasteiger partial charge in [0.25, 0.3) is 0 Å². The van der Waals surface area contributed by atoms with Crippen LogP contribution in [-0.4, -0.2) is 9.55 Å². The van der Waals surface area contributed by atoms with Crippen LogP contribution in [0.1, 0.15) is 46.5 Å². The predicted octanol–water partition coefficient (Wildman–Crippen LogP) is 5.15. The average molecular weight is 322 g/mol. The van der Waals surface area contributed by atoms with Crippen molar-refractivity contribution in [2.24, 2.45) is 0 Å². The number of halogens is 1. The summed E-state index contributed by atoms with van der Waals surface area (Å²) in [7, 11) is 0. The topological polar surface area (TPSA) is 17.8 Å². The van der Waals surface area contributed by atoms with Crippen molar-refractivity contribution in [1.29, 1.82) is 0 Å². The lowest BCUT2D eigenvalue weighted by molar-refractivity contribution is 0.583. The molecule has 2 nitrogen and oxygen atoms in total. The van der Waals surface area contributed by atoms with Gasteiger partial charge in [0.15, 0.2) is 0 Å². The van der Waals surface area contributed by atoms with Crippen molar-refractivity contribution in [3.05, 3.63) is 88.3 Å². The number of aryl methyl sites for hydroxylation is 2. The van der Waals surface area contributed by atoms with Crippen molar-refractivity contribution in [3.8, 4) is 0 Å². The third-order valence-electron chi connectivity index (χ3n) is 4.86. The Labute approximate surface area is 143 Å². The van der Waals surface area contributed by atoms with Gasteiger partial charge in [-0.1, -0.05) is 43.3 Å². The van der Waals surface area contributed by atoms with E-state index in [9.17, 15) is 4.39 Å². The maximum atomic E-state index is 14.3. The molecule has 124 valence electrons. The van der Waals surface area contributed by atoms with E-state index in [1.54, 1.807) is 19.2 Å². The van der Waals surface area contributed by atoms with Gasteiger partial charge in [-0.25, -0.2) is 9.37 Å². The van der Waals surface area contributed by atoms with Gasteiger partial charge in [-0.2, -0.15) is 0 Å². The normalized spacial score (nSPS) is 12.4. The Balaban J connectivity index is 1.96. The number of aromatic nitrogens is 2. The average Bonchev–Trinajstić information content (AvgIpc) is 3.02. The van der Waals surface area contributed by atoms with Crippen LogP contribution in [0.3, 0.4) is 0 Å². The molecule has 3 aromatic rings. The molecular weight excluding hydrogens is 299 g/mol. The zero-order valence-electron chi connectivity index (χ0n) is 14.7. The zero-order valence-corrected chi connectivity index (χ0v) is 14.7. The highest BCUT2D eigenvalue weighted by molar-refractivity contribution is 5.38. The van der Waals surface area contributed by atoms with Crippen molar-refractivity contribution in [2.75, 3.05) is 0 Å². The first kappa shape index (κ1) is 16.4. The zero-order chi connectivity index (χ0) is 17.3. The minimum absolute atomic E-state index is 0.128. The van der Waals surface area contributed by atoms with Crippen LogP contribution in [0, 0.1) is 26.6 Å². The quantitative estimate of drug-likeness (QED) is 0.650. The monoisotopic (exact) mass is 322 g/mol. The second kappa shape index (κ2) is 6.60. The summed E-state index contributed by atoms with van der Waals surface area (Å²) in [5, 5.41) is 0. The predicted molar refractivity (Wildman–Crippen MR) is 95.9 cm³/mol. The van der Waals surface area contributed by atoms with Gasteiger partial charge < -0.3 is 4.57 Å². The minimum Gasteiger partial charge on any atom is -0.330 e. The first-order valence-corrected chi connectivity index (χ1v) is 8.30. The summed E-state index contributed by atoms with van der Waals surface area (Å²) in [5.41, 5.74) is 5.22. The highest BCUT2D eigenvalue weighted by atomic mass is 19.1. The van der Waals surface area contributed by atoms with Crippen LogP contribution in [0.5, 0.6) is 0 Å². The molecule has 0 aliphatic rings. The van der Waals surface area contributed by atoms with Gasteiger partial charge in [0.2, 0.25) is 0 Å². The Morgan fingerprint density at radius 1 is 1.04 bits per heavy atom. The highest BCUT2D eigenvalue weighted by Gasteiger charge is 2.17. The standard InChI is InChI=1S/C21H23FN2/c1-14-7-6-10-19(16(14)3)17(4)21-23-11-12-24(21)13-18-9-5-8-15(2)20(18)22/h5-12,17H,13H2,1-4H3/t17-/m0/s1. The smallest absolute Gasteiger partial charge is 0.131 e. The molecule has 0 amide bonds. The fourth-order valence-corrected chi connectivity index (χ4v) is 3.23. The number of imidazole rings is 1. The lowest BCUT2D eigenvalue weighted by Crippen LogP contribution is -2.11. The number of nitrogens with zero attached hydrogens (tertiary/aromatic N) is 2. The fraction of sp³-hybridized carbons (Fsp3) is 0.286. The molecule has 0 unspecified atom stereocenters. The van der Waals surface area contributed by atoms with E-state index in [1.165, 1.54) is 16.7 Å². The van der Waals surface area contributed by atoms with Crippen LogP contribution >= 0.6 is 0 Å². The van der Waals surface area contributed by atoms with Gasteiger partial charge >= 0.3 is 0 Å². The number of hydrogen-bond donors (Lipinski definition) is 0. The fourth-order valence-electron chi connectivity index (χ4n) is 3.23. The molecule has 3 heteroatoms. The van der Waals surface area contributed by atoms with E-state index >= 15 is 0 Å². The molecule has 1 aromatic heterocycles. The Morgan fingerprint density at radius 2 is 1.75 bits per heavy atom. The molecule has 3 rings (SSSR count). The van der Waals surface area contributed by atoms with E-state index in [-0.39, 0.29) is 11.7 Å². The molecule has 0 fully saturated rings. The summed E-state index contributed by atoms with van der Waals surface area (Å²) in [6.07, 6.45) is 3.73. The van der Waals surface area contributed by atoms with E-state index in [2.05, 4.69) is 44.0 Å². The second-order valence-electron chi connectivity index (χ2n) is 6.47. The highest BCUT2D eigenvalue weighted by Crippen LogP contribution is 2.28. The van der Waals surface area contributed by atoms with Crippen LogP contribution < -0.4 is 0 Å². The third-order valence-corrected chi connectivity index (χ3v) is 4.86. The first-order valence-electron chi connectivity index (χ1n) is 8.30. The third kappa shape index (κ3) is 2.99. The van der Waals surface area contributed by atoms with Crippen LogP contribution in [0.25, 0.3) is 0 Å². The molecule has 0 aliphatic heterocycles. The van der Waals surface area contributed by atoms with Crippen molar-refractivity contribution >= 4 is 0 Å². The van der Waals surface area contributed by atoms with Crippen LogP contribution in [0.2, 0.25) is 0 Å². The van der Waals surface area contributed by atoms with Crippen LogP contribution in [0.4, 0.5) is 4.39 Å². The second-order valence-corrected chi connectivity index (χ2v) is 6.47. The Morgan fingerprint density at radius 3 is 2.54 bits per heavy atom. The lowest BCUT2D eigenvalue weighted by atomic mass is 9.93. The molecule has 0 bridgehead atoms. The Kier molecular flexibility index (Phi) is 4.52. The molecule has 0 saturated heterocycles. The van der Waals surface area contributed by atoms with Gasteiger partial charge in [-0.15, -0.1) is 0 Å². The molecule has 0 saturated carbocycles. The summed E-state index contributed by atoms with van der Waals surface area (Å²) in [4.78, 5) is 4.55. The maximum absolute atomic E-state index is 14.3. The molecule has 0 radical (unpaired) electrons. The van der Waals surface area contributed by atoms with Crippen molar-refractivity contribution in [3.63, 3.8) is 0 Å². The number of benzene rings is 2. The van der Waals surface area contributed by atoms with Crippen molar-refractivity contribution < 1.29 is 4.39 Å². The molecule has 2 aromatic carbocycles. The maximum Gasteiger partial charge on any atom is 0.131 e. The van der Waals surface area contributed by atoms with Gasteiger partial charge in [0.05, 0.1) is 6.54 Å². The molecule has 0 N–H and O–H groups in total. The van der Waals surface area contributed by atoms with Crippen LogP contribution in [-0.2, 0) is 6.54 Å². The molecule has 1 heterocycles. The summed E-state index contributed by atoms with van der Waals surface area (Å²) in [6, 6.07) is 11.9. The van der Waals surface area contributed by atoms with E-state index in [4.69, 9.17) is 0 Å². The largest absolute Gasteiger partial charge is 0.330 e. The van der Waals surface area contributed by atoms with E-state index in [1.807, 2.05) is 22.9 Å². The molecular formula is C21H23FN2. The number of hydrogen-bond acceptors (Lipinski definition) is 1. The molecule has 1 atom stereocenters. The van der Waals surface area contributed by atoms with Crippen molar-refractivity contribution in [2.45, 2.75) is 40.2 Å². The summed E-state index contributed by atoms with van der Waals surface area (Å²) >= 11 is 0. The summed E-state index contributed by atoms with van der Waals surface area (Å²) < 4.78 is 16.4. The van der Waals surface area contributed by atoms with E-state index in [0.717, 1.165) is 5.82 Å². The summed E-state index contributed by atoms with van der Waals surface area (Å²) in [6.45, 7) is 8.73.